The zero-order chi connectivity index (χ0) is 34.9. The molecule has 5 heterocycles. The van der Waals surface area contributed by atoms with Crippen molar-refractivity contribution < 1.29 is 0 Å². The Morgan fingerprint density at radius 3 is 0.729 bits per heavy atom. The molecule has 1 aliphatic rings. The molecule has 4 aromatic rings. The second kappa shape index (κ2) is 13.8. The third kappa shape index (κ3) is 6.59. The van der Waals surface area contributed by atoms with Crippen LogP contribution in [0.1, 0.15) is 47.9 Å². The molecule has 5 rings (SSSR count). The zero-order valence-corrected chi connectivity index (χ0v) is 27.6. The van der Waals surface area contributed by atoms with Crippen LogP contribution in [0.15, 0.2) is 63.1 Å². The van der Waals surface area contributed by atoms with E-state index >= 15 is 0 Å². The molecule has 0 spiro atoms. The lowest BCUT2D eigenvalue weighted by Gasteiger charge is -2.16. The lowest BCUT2D eigenvalue weighted by molar-refractivity contribution is 0.440. The predicted molar refractivity (Wildman–Crippen MR) is 177 cm³/mol. The molecule has 4 aromatic heterocycles. The Kier molecular flexibility index (Phi) is 9.82. The molecule has 0 N–H and O–H groups in total. The lowest BCUT2D eigenvalue weighted by Crippen LogP contribution is -2.44. The first-order valence-corrected chi connectivity index (χ1v) is 16.0. The summed E-state index contributed by atoms with van der Waals surface area (Å²) >= 11 is 0. The molecule has 16 nitrogen and oxygen atoms in total. The Morgan fingerprint density at radius 2 is 0.521 bits per heavy atom. The van der Waals surface area contributed by atoms with Gasteiger partial charge in [0.2, 0.25) is 0 Å². The van der Waals surface area contributed by atoms with Gasteiger partial charge in [0.05, 0.1) is 0 Å². The summed E-state index contributed by atoms with van der Waals surface area (Å²) < 4.78 is 9.91. The monoisotopic (exact) mass is 664 g/mol. The van der Waals surface area contributed by atoms with Crippen LogP contribution >= 0.6 is 0 Å². The molecular formula is C32H40N8O8. The molecule has 0 radical (unpaired) electrons. The van der Waals surface area contributed by atoms with Gasteiger partial charge in [0.25, 0.3) is 22.2 Å². The third-order valence-corrected chi connectivity index (χ3v) is 8.76. The molecule has 0 fully saturated rings. The van der Waals surface area contributed by atoms with Crippen LogP contribution < -0.4 is 45.0 Å². The van der Waals surface area contributed by atoms with Gasteiger partial charge in [0.1, 0.15) is 0 Å². The van der Waals surface area contributed by atoms with Gasteiger partial charge in [0.15, 0.2) is 0 Å². The van der Waals surface area contributed by atoms with Gasteiger partial charge in [-0.15, -0.1) is 0 Å². The normalized spacial score (nSPS) is 14.8. The maximum Gasteiger partial charge on any atom is 0.330 e. The summed E-state index contributed by atoms with van der Waals surface area (Å²) in [6.45, 7) is 6.97. The molecule has 0 unspecified atom stereocenters. The summed E-state index contributed by atoms with van der Waals surface area (Å²) in [6.07, 6.45) is 6.82. The number of aromatic nitrogens is 8. The minimum atomic E-state index is -0.550. The molecule has 0 amide bonds. The van der Waals surface area contributed by atoms with Gasteiger partial charge in [0, 0.05) is 99.4 Å². The number of fused-ring (bicyclic) bond motifs is 8. The van der Waals surface area contributed by atoms with Gasteiger partial charge in [-0.3, -0.25) is 37.4 Å². The zero-order valence-electron chi connectivity index (χ0n) is 27.6. The van der Waals surface area contributed by atoms with Gasteiger partial charge in [-0.05, 0) is 53.4 Å². The van der Waals surface area contributed by atoms with Crippen LogP contribution in [-0.2, 0) is 52.4 Å². The van der Waals surface area contributed by atoms with Crippen LogP contribution in [0.2, 0.25) is 0 Å². The van der Waals surface area contributed by atoms with Crippen molar-refractivity contribution >= 4 is 0 Å². The molecule has 0 aliphatic carbocycles. The summed E-state index contributed by atoms with van der Waals surface area (Å²) in [4.78, 5) is 105. The van der Waals surface area contributed by atoms with Crippen molar-refractivity contribution in [3.8, 4) is 0 Å². The quantitative estimate of drug-likeness (QED) is 0.227. The van der Waals surface area contributed by atoms with Crippen molar-refractivity contribution in [2.24, 2.45) is 0 Å². The topological polar surface area (TPSA) is 176 Å². The first kappa shape index (κ1) is 34.1. The Hall–Kier alpha value is -5.28. The summed E-state index contributed by atoms with van der Waals surface area (Å²) in [6, 6.07) is 0. The summed E-state index contributed by atoms with van der Waals surface area (Å²) in [7, 11) is 0. The SMILES string of the molecule is Cc1cn2c(=O)n(c1=O)CCCn1c(=O)c(C)cn(c1=O)CCCn1cc(C)c(=O)n(c1=O)CCCn1c(=O)c(C)cn(c1=O)CCC2. The highest BCUT2D eigenvalue weighted by Crippen LogP contribution is 2.00. The van der Waals surface area contributed by atoms with Gasteiger partial charge in [-0.25, -0.2) is 19.2 Å². The van der Waals surface area contributed by atoms with Crippen LogP contribution in [0.5, 0.6) is 0 Å². The molecule has 8 bridgehead atoms. The molecule has 0 atom stereocenters. The van der Waals surface area contributed by atoms with E-state index in [0.29, 0.717) is 35.1 Å². The van der Waals surface area contributed by atoms with Gasteiger partial charge in [-0.2, -0.15) is 0 Å². The van der Waals surface area contributed by atoms with E-state index in [9.17, 15) is 38.4 Å². The van der Waals surface area contributed by atoms with E-state index < -0.39 is 45.0 Å². The van der Waals surface area contributed by atoms with E-state index in [1.165, 1.54) is 43.1 Å². The number of rotatable bonds is 0. The predicted octanol–water partition coefficient (Wildman–Crippen LogP) is -1.11. The standard InChI is InChI=1S/C32H40N8O8/c1-21-17-33-9-5-10-34-18-22(2)27(43)39(30(34)46)15-8-16-40-28(44)24(4)20-36(32(40)48)12-6-11-35-19-23(3)26(42)38(31(35)47)14-7-13-37(25(21)41)29(33)45/h17-20H,5-16H2,1-4H3. The van der Waals surface area contributed by atoms with Crippen molar-refractivity contribution in [3.63, 3.8) is 0 Å². The van der Waals surface area contributed by atoms with Crippen LogP contribution in [-0.4, -0.2) is 36.5 Å². The minimum absolute atomic E-state index is 0.0270. The van der Waals surface area contributed by atoms with Crippen LogP contribution in [0.3, 0.4) is 0 Å². The van der Waals surface area contributed by atoms with Crippen LogP contribution in [0, 0.1) is 27.7 Å². The first-order valence-electron chi connectivity index (χ1n) is 16.0. The van der Waals surface area contributed by atoms with Crippen molar-refractivity contribution in [3.05, 3.63) is 130 Å². The Balaban J connectivity index is 1.55. The first-order chi connectivity index (χ1) is 22.8. The Morgan fingerprint density at radius 1 is 0.333 bits per heavy atom. The van der Waals surface area contributed by atoms with Gasteiger partial charge >= 0.3 is 22.8 Å². The number of hydrogen-bond acceptors (Lipinski definition) is 8. The maximum atomic E-state index is 13.3. The minimum Gasteiger partial charge on any atom is -0.300 e. The molecule has 16 heteroatoms. The van der Waals surface area contributed by atoms with Gasteiger partial charge in [-0.1, -0.05) is 0 Å². The Labute approximate surface area is 272 Å². The molecular weight excluding hydrogens is 624 g/mol. The second-order valence-electron chi connectivity index (χ2n) is 12.4. The van der Waals surface area contributed by atoms with Gasteiger partial charge < -0.3 is 18.3 Å². The number of nitrogens with zero attached hydrogens (tertiary/aromatic N) is 8. The largest absolute Gasteiger partial charge is 0.330 e. The van der Waals surface area contributed by atoms with E-state index in [1.54, 1.807) is 27.7 Å². The van der Waals surface area contributed by atoms with E-state index in [2.05, 4.69) is 0 Å². The second-order valence-corrected chi connectivity index (χ2v) is 12.4. The summed E-state index contributed by atoms with van der Waals surface area (Å²) in [5.41, 5.74) is -2.72. The summed E-state index contributed by atoms with van der Waals surface area (Å²) in [5.74, 6) is 0. The highest BCUT2D eigenvalue weighted by atomic mass is 16.2. The van der Waals surface area contributed by atoms with Crippen molar-refractivity contribution in [1.82, 2.24) is 36.5 Å². The van der Waals surface area contributed by atoms with E-state index in [0.717, 1.165) is 18.3 Å². The molecule has 0 aromatic carbocycles. The fourth-order valence-corrected chi connectivity index (χ4v) is 6.22. The molecule has 0 saturated heterocycles. The summed E-state index contributed by atoms with van der Waals surface area (Å²) in [5, 5.41) is 0. The highest BCUT2D eigenvalue weighted by molar-refractivity contribution is 5.06. The van der Waals surface area contributed by atoms with E-state index in [1.807, 2.05) is 0 Å². The Bertz CT molecular complexity index is 2050. The smallest absolute Gasteiger partial charge is 0.300 e. The van der Waals surface area contributed by atoms with Crippen LogP contribution in [0.25, 0.3) is 0 Å². The average Bonchev–Trinajstić information content (AvgIpc) is 3.04. The van der Waals surface area contributed by atoms with E-state index in [-0.39, 0.29) is 65.2 Å². The third-order valence-electron chi connectivity index (χ3n) is 8.76. The number of hydrogen-bond donors (Lipinski definition) is 0. The fourth-order valence-electron chi connectivity index (χ4n) is 6.22. The van der Waals surface area contributed by atoms with Crippen LogP contribution in [0.4, 0.5) is 0 Å². The maximum absolute atomic E-state index is 13.3. The molecule has 0 saturated carbocycles. The molecule has 1 aliphatic heterocycles. The fraction of sp³-hybridized carbons (Fsp3) is 0.500. The number of aryl methyl sites for hydroxylation is 8. The molecule has 256 valence electrons. The van der Waals surface area contributed by atoms with Crippen molar-refractivity contribution in [2.45, 2.75) is 106 Å². The average molecular weight is 665 g/mol. The molecule has 48 heavy (non-hydrogen) atoms. The van der Waals surface area contributed by atoms with E-state index in [4.69, 9.17) is 0 Å². The van der Waals surface area contributed by atoms with Crippen molar-refractivity contribution in [2.75, 3.05) is 0 Å². The van der Waals surface area contributed by atoms with Crippen molar-refractivity contribution in [1.29, 1.82) is 0 Å². The lowest BCUT2D eigenvalue weighted by atomic mass is 10.3. The highest BCUT2D eigenvalue weighted by Gasteiger charge is 2.15.